The predicted molar refractivity (Wildman–Crippen MR) is 115 cm³/mol. The number of thiazole rings is 1. The molecule has 28 heavy (non-hydrogen) atoms. The number of benzene rings is 1. The summed E-state index contributed by atoms with van der Waals surface area (Å²) in [6.07, 6.45) is 1.71. The number of amides is 1. The van der Waals surface area contributed by atoms with Gasteiger partial charge in [-0.15, -0.1) is 11.3 Å². The molecule has 4 aromatic rings. The normalized spacial score (nSPS) is 11.0. The Bertz CT molecular complexity index is 1140. The van der Waals surface area contributed by atoms with Crippen molar-refractivity contribution in [3.05, 3.63) is 69.1 Å². The molecule has 3 aromatic heterocycles. The van der Waals surface area contributed by atoms with Gasteiger partial charge in [0.2, 0.25) is 0 Å². The highest BCUT2D eigenvalue weighted by atomic mass is 35.5. The van der Waals surface area contributed by atoms with E-state index in [1.54, 1.807) is 30.3 Å². The van der Waals surface area contributed by atoms with Crippen LogP contribution in [-0.4, -0.2) is 23.0 Å². The van der Waals surface area contributed by atoms with Crippen LogP contribution >= 0.6 is 34.3 Å². The van der Waals surface area contributed by atoms with Gasteiger partial charge in [-0.2, -0.15) is 0 Å². The number of anilines is 1. The van der Waals surface area contributed by atoms with Crippen LogP contribution in [0.3, 0.4) is 0 Å². The fourth-order valence-corrected chi connectivity index (χ4v) is 4.86. The van der Waals surface area contributed by atoms with E-state index in [2.05, 4.69) is 4.98 Å². The molecule has 4 rings (SSSR count). The van der Waals surface area contributed by atoms with Crippen LogP contribution in [0.4, 0.5) is 5.13 Å². The number of ether oxygens (including phenoxy) is 1. The molecule has 0 N–H and O–H groups in total. The van der Waals surface area contributed by atoms with Crippen LogP contribution in [0.1, 0.15) is 20.9 Å². The summed E-state index contributed by atoms with van der Waals surface area (Å²) in [5.41, 5.74) is 2.62. The number of nitrogens with zero attached hydrogens (tertiary/aromatic N) is 3. The molecule has 0 spiro atoms. The minimum atomic E-state index is -0.154. The van der Waals surface area contributed by atoms with E-state index in [-0.39, 0.29) is 5.91 Å². The minimum absolute atomic E-state index is 0.154. The van der Waals surface area contributed by atoms with E-state index in [4.69, 9.17) is 21.3 Å². The quantitative estimate of drug-likeness (QED) is 0.416. The van der Waals surface area contributed by atoms with Crippen molar-refractivity contribution in [2.24, 2.45) is 0 Å². The maximum Gasteiger partial charge on any atom is 0.270 e. The molecule has 3 heterocycles. The Kier molecular flexibility index (Phi) is 5.30. The van der Waals surface area contributed by atoms with E-state index >= 15 is 0 Å². The maximum atomic E-state index is 13.3. The van der Waals surface area contributed by atoms with Gasteiger partial charge in [0.25, 0.3) is 5.91 Å². The summed E-state index contributed by atoms with van der Waals surface area (Å²) >= 11 is 8.77. The molecule has 0 radical (unpaired) electrons. The Morgan fingerprint density at radius 3 is 2.71 bits per heavy atom. The van der Waals surface area contributed by atoms with Gasteiger partial charge in [-0.25, -0.2) is 4.98 Å². The molecule has 1 aromatic carbocycles. The Hall–Kier alpha value is -2.48. The second-order valence-electron chi connectivity index (χ2n) is 6.08. The molecule has 0 fully saturated rings. The van der Waals surface area contributed by atoms with E-state index in [0.29, 0.717) is 26.6 Å². The molecule has 8 heteroatoms. The van der Waals surface area contributed by atoms with Gasteiger partial charge >= 0.3 is 0 Å². The lowest BCUT2D eigenvalue weighted by molar-refractivity contribution is 0.0988. The van der Waals surface area contributed by atoms with Crippen LogP contribution < -0.4 is 9.64 Å². The van der Waals surface area contributed by atoms with Gasteiger partial charge in [-0.3, -0.25) is 14.7 Å². The number of hydrogen-bond acceptors (Lipinski definition) is 6. The summed E-state index contributed by atoms with van der Waals surface area (Å²) in [5, 5.41) is 0.600. The first-order chi connectivity index (χ1) is 13.6. The number of halogens is 1. The predicted octanol–water partition coefficient (Wildman–Crippen LogP) is 5.57. The average Bonchev–Trinajstić information content (AvgIpc) is 3.34. The molecule has 1 amide bonds. The number of carbonyl (C=O) groups is 1. The van der Waals surface area contributed by atoms with Gasteiger partial charge in [-0.05, 0) is 42.8 Å². The number of methoxy groups -OCH3 is 1. The van der Waals surface area contributed by atoms with Gasteiger partial charge in [0.1, 0.15) is 11.3 Å². The van der Waals surface area contributed by atoms with Crippen LogP contribution in [0.15, 0.2) is 48.7 Å². The number of rotatable bonds is 5. The van der Waals surface area contributed by atoms with Gasteiger partial charge in [0, 0.05) is 6.20 Å². The van der Waals surface area contributed by atoms with Gasteiger partial charge < -0.3 is 4.74 Å². The number of pyridine rings is 1. The number of aryl methyl sites for hydroxylation is 1. The SMILES string of the molecule is COc1ccc(C)c2sc(N(Cc3ccccn3)C(=O)c3ccc(Cl)s3)nc12. The zero-order valence-corrected chi connectivity index (χ0v) is 17.6. The summed E-state index contributed by atoms with van der Waals surface area (Å²) < 4.78 is 7.03. The number of hydrogen-bond donors (Lipinski definition) is 0. The lowest BCUT2D eigenvalue weighted by Crippen LogP contribution is -2.30. The highest BCUT2D eigenvalue weighted by Crippen LogP contribution is 2.37. The fourth-order valence-electron chi connectivity index (χ4n) is 2.82. The van der Waals surface area contributed by atoms with Crippen molar-refractivity contribution >= 4 is 55.5 Å². The number of carbonyl (C=O) groups excluding carboxylic acids is 1. The molecular formula is C20H16ClN3O2S2. The zero-order valence-electron chi connectivity index (χ0n) is 15.2. The molecule has 5 nitrogen and oxygen atoms in total. The third-order valence-electron chi connectivity index (χ3n) is 4.22. The van der Waals surface area contributed by atoms with Crippen LogP contribution in [-0.2, 0) is 6.54 Å². The largest absolute Gasteiger partial charge is 0.494 e. The van der Waals surface area contributed by atoms with E-state index in [1.165, 1.54) is 22.7 Å². The van der Waals surface area contributed by atoms with Crippen molar-refractivity contribution in [1.29, 1.82) is 0 Å². The van der Waals surface area contributed by atoms with Crippen LogP contribution in [0, 0.1) is 6.92 Å². The fraction of sp³-hybridized carbons (Fsp3) is 0.150. The first kappa shape index (κ1) is 18.9. The Labute approximate surface area is 175 Å². The van der Waals surface area contributed by atoms with Crippen molar-refractivity contribution in [3.63, 3.8) is 0 Å². The third kappa shape index (κ3) is 3.61. The molecule has 0 saturated carbocycles. The first-order valence-electron chi connectivity index (χ1n) is 8.48. The zero-order chi connectivity index (χ0) is 19.7. The number of thiophene rings is 1. The van der Waals surface area contributed by atoms with E-state index < -0.39 is 0 Å². The van der Waals surface area contributed by atoms with E-state index in [0.717, 1.165) is 21.5 Å². The minimum Gasteiger partial charge on any atom is -0.494 e. The molecule has 0 bridgehead atoms. The number of aromatic nitrogens is 2. The molecule has 0 unspecified atom stereocenters. The number of fused-ring (bicyclic) bond motifs is 1. The highest BCUT2D eigenvalue weighted by molar-refractivity contribution is 7.22. The summed E-state index contributed by atoms with van der Waals surface area (Å²) in [6, 6.07) is 13.0. The molecule has 0 aliphatic rings. The van der Waals surface area contributed by atoms with Crippen molar-refractivity contribution in [3.8, 4) is 5.75 Å². The van der Waals surface area contributed by atoms with Crippen LogP contribution in [0.5, 0.6) is 5.75 Å². The lowest BCUT2D eigenvalue weighted by Gasteiger charge is -2.18. The lowest BCUT2D eigenvalue weighted by atomic mass is 10.2. The summed E-state index contributed by atoms with van der Waals surface area (Å²) in [5.74, 6) is 0.533. The Morgan fingerprint density at radius 1 is 1.18 bits per heavy atom. The monoisotopic (exact) mass is 429 g/mol. The average molecular weight is 430 g/mol. The molecule has 0 aliphatic carbocycles. The first-order valence-corrected chi connectivity index (χ1v) is 10.5. The van der Waals surface area contributed by atoms with Gasteiger partial charge in [0.05, 0.1) is 33.3 Å². The second kappa shape index (κ2) is 7.87. The topological polar surface area (TPSA) is 55.3 Å². The summed E-state index contributed by atoms with van der Waals surface area (Å²) in [6.45, 7) is 2.34. The Morgan fingerprint density at radius 2 is 2.04 bits per heavy atom. The van der Waals surface area contributed by atoms with Crippen LogP contribution in [0.2, 0.25) is 4.34 Å². The van der Waals surface area contributed by atoms with Crippen molar-refractivity contribution in [2.45, 2.75) is 13.5 Å². The highest BCUT2D eigenvalue weighted by Gasteiger charge is 2.24. The molecule has 0 aliphatic heterocycles. The van der Waals surface area contributed by atoms with Gasteiger partial charge in [-0.1, -0.05) is 35.1 Å². The van der Waals surface area contributed by atoms with E-state index in [1.807, 2.05) is 37.3 Å². The molecular weight excluding hydrogens is 414 g/mol. The van der Waals surface area contributed by atoms with Gasteiger partial charge in [0.15, 0.2) is 5.13 Å². The standard InChI is InChI=1S/C20H16ClN3O2S2/c1-12-6-7-14(26-2)17-18(12)28-20(23-17)24(11-13-5-3-4-10-22-13)19(25)15-8-9-16(21)27-15/h3-10H,11H2,1-2H3. The Balaban J connectivity index is 1.82. The smallest absolute Gasteiger partial charge is 0.270 e. The van der Waals surface area contributed by atoms with Crippen molar-refractivity contribution < 1.29 is 9.53 Å². The molecule has 0 atom stereocenters. The summed E-state index contributed by atoms with van der Waals surface area (Å²) in [4.78, 5) is 24.6. The van der Waals surface area contributed by atoms with Crippen molar-refractivity contribution in [1.82, 2.24) is 9.97 Å². The molecule has 0 saturated heterocycles. The second-order valence-corrected chi connectivity index (χ2v) is 8.77. The van der Waals surface area contributed by atoms with E-state index in [9.17, 15) is 4.79 Å². The summed E-state index contributed by atoms with van der Waals surface area (Å²) in [7, 11) is 1.62. The molecule has 142 valence electrons. The maximum absolute atomic E-state index is 13.3. The third-order valence-corrected chi connectivity index (χ3v) is 6.65. The van der Waals surface area contributed by atoms with Crippen molar-refractivity contribution in [2.75, 3.05) is 12.0 Å². The van der Waals surface area contributed by atoms with Crippen LogP contribution in [0.25, 0.3) is 10.2 Å².